The van der Waals surface area contributed by atoms with Crippen molar-refractivity contribution in [2.24, 2.45) is 0 Å². The van der Waals surface area contributed by atoms with E-state index in [0.717, 1.165) is 66.1 Å². The average molecular weight is 652 g/mol. The van der Waals surface area contributed by atoms with Crippen molar-refractivity contribution in [3.05, 3.63) is 176 Å². The average Bonchev–Trinajstić information content (AvgIpc) is 3.58. The summed E-state index contributed by atoms with van der Waals surface area (Å²) in [5.41, 5.74) is 9.21. The van der Waals surface area contributed by atoms with Gasteiger partial charge in [-0.2, -0.15) is 0 Å². The first kappa shape index (κ1) is 29.0. The Labute approximate surface area is 294 Å². The van der Waals surface area contributed by atoms with Crippen molar-refractivity contribution in [1.29, 1.82) is 0 Å². The summed E-state index contributed by atoms with van der Waals surface area (Å²) in [5, 5.41) is 6.91. The van der Waals surface area contributed by atoms with E-state index in [1.807, 2.05) is 48.5 Å². The van der Waals surface area contributed by atoms with Crippen molar-refractivity contribution >= 4 is 43.5 Å². The van der Waals surface area contributed by atoms with Gasteiger partial charge in [-0.15, -0.1) is 0 Å². The third kappa shape index (κ3) is 5.13. The third-order valence-corrected chi connectivity index (χ3v) is 9.74. The van der Waals surface area contributed by atoms with Crippen molar-refractivity contribution in [3.8, 4) is 56.4 Å². The fourth-order valence-electron chi connectivity index (χ4n) is 7.17. The van der Waals surface area contributed by atoms with E-state index in [1.54, 1.807) is 0 Å². The molecule has 0 atom stereocenters. The van der Waals surface area contributed by atoms with Crippen molar-refractivity contribution in [1.82, 2.24) is 15.0 Å². The lowest BCUT2D eigenvalue weighted by molar-refractivity contribution is 0.669. The van der Waals surface area contributed by atoms with Crippen molar-refractivity contribution < 1.29 is 4.42 Å². The Bertz CT molecular complexity index is 2900. The van der Waals surface area contributed by atoms with Gasteiger partial charge in [0.2, 0.25) is 0 Å². The highest BCUT2D eigenvalue weighted by Crippen LogP contribution is 2.36. The highest BCUT2D eigenvalue weighted by molar-refractivity contribution is 6.06. The first-order valence-electron chi connectivity index (χ1n) is 17.1. The van der Waals surface area contributed by atoms with E-state index in [0.29, 0.717) is 17.5 Å². The second-order valence-electron chi connectivity index (χ2n) is 12.8. The number of hydrogen-bond donors (Lipinski definition) is 0. The maximum absolute atomic E-state index is 6.07. The predicted molar refractivity (Wildman–Crippen MR) is 209 cm³/mol. The monoisotopic (exact) mass is 651 g/mol. The summed E-state index contributed by atoms with van der Waals surface area (Å²) in [6.07, 6.45) is 0. The Morgan fingerprint density at radius 2 is 0.843 bits per heavy atom. The molecule has 0 bridgehead atoms. The van der Waals surface area contributed by atoms with Crippen LogP contribution in [0.5, 0.6) is 0 Å². The molecule has 8 aromatic carbocycles. The molecule has 51 heavy (non-hydrogen) atoms. The van der Waals surface area contributed by atoms with Gasteiger partial charge in [-0.05, 0) is 68.1 Å². The van der Waals surface area contributed by atoms with Crippen molar-refractivity contribution in [2.45, 2.75) is 0 Å². The van der Waals surface area contributed by atoms with E-state index in [1.165, 1.54) is 16.3 Å². The minimum absolute atomic E-state index is 0.629. The van der Waals surface area contributed by atoms with Gasteiger partial charge in [0.1, 0.15) is 11.2 Å². The second kappa shape index (κ2) is 11.9. The second-order valence-corrected chi connectivity index (χ2v) is 12.8. The van der Waals surface area contributed by atoms with Crippen molar-refractivity contribution in [2.75, 3.05) is 0 Å². The van der Waals surface area contributed by atoms with E-state index >= 15 is 0 Å². The van der Waals surface area contributed by atoms with Crippen molar-refractivity contribution in [3.63, 3.8) is 0 Å². The van der Waals surface area contributed by atoms with Crippen LogP contribution in [-0.4, -0.2) is 15.0 Å². The summed E-state index contributed by atoms with van der Waals surface area (Å²) in [5.74, 6) is 1.91. The van der Waals surface area contributed by atoms with Crippen LogP contribution in [-0.2, 0) is 0 Å². The number of hydrogen-bond acceptors (Lipinski definition) is 4. The highest BCUT2D eigenvalue weighted by atomic mass is 16.3. The summed E-state index contributed by atoms with van der Waals surface area (Å²) in [4.78, 5) is 15.2. The molecule has 0 aliphatic rings. The van der Waals surface area contributed by atoms with Crippen LogP contribution >= 0.6 is 0 Å². The first-order valence-corrected chi connectivity index (χ1v) is 17.1. The molecule has 0 aliphatic carbocycles. The molecular weight excluding hydrogens is 623 g/mol. The molecule has 0 saturated heterocycles. The lowest BCUT2D eigenvalue weighted by Gasteiger charge is -2.12. The zero-order valence-corrected chi connectivity index (χ0v) is 27.5. The molecule has 0 spiro atoms. The fourth-order valence-corrected chi connectivity index (χ4v) is 7.17. The van der Waals surface area contributed by atoms with Gasteiger partial charge >= 0.3 is 0 Å². The van der Waals surface area contributed by atoms with E-state index in [-0.39, 0.29) is 0 Å². The molecular formula is C47H29N3O. The van der Waals surface area contributed by atoms with E-state index in [9.17, 15) is 0 Å². The summed E-state index contributed by atoms with van der Waals surface area (Å²) in [7, 11) is 0. The maximum Gasteiger partial charge on any atom is 0.164 e. The Morgan fingerprint density at radius 1 is 0.294 bits per heavy atom. The number of para-hydroxylation sites is 1. The number of fused-ring (bicyclic) bond motifs is 5. The fraction of sp³-hybridized carbons (Fsp3) is 0. The van der Waals surface area contributed by atoms with Gasteiger partial charge in [0, 0.05) is 27.5 Å². The molecule has 238 valence electrons. The van der Waals surface area contributed by atoms with Gasteiger partial charge in [-0.25, -0.2) is 15.0 Å². The maximum atomic E-state index is 6.07. The Morgan fingerprint density at radius 3 is 1.67 bits per heavy atom. The SMILES string of the molecule is c1ccc(-c2nc(-c3ccc(-c4ccc5oc6ccccc6c5c4)cc3)nc(-c3cccc4ccc(-c5cccc6ccccc56)cc34)n2)cc1. The normalized spacial score (nSPS) is 11.5. The lowest BCUT2D eigenvalue weighted by Crippen LogP contribution is -2.00. The summed E-state index contributed by atoms with van der Waals surface area (Å²) in [6.45, 7) is 0. The molecule has 4 nitrogen and oxygen atoms in total. The number of nitrogens with zero attached hydrogens (tertiary/aromatic N) is 3. The molecule has 2 aromatic heterocycles. The predicted octanol–water partition coefficient (Wildman–Crippen LogP) is 12.4. The van der Waals surface area contributed by atoms with Crippen LogP contribution in [0.1, 0.15) is 0 Å². The summed E-state index contributed by atoms with van der Waals surface area (Å²) in [6, 6.07) is 61.2. The minimum Gasteiger partial charge on any atom is -0.456 e. The Balaban J connectivity index is 1.09. The molecule has 0 N–H and O–H groups in total. The summed E-state index contributed by atoms with van der Waals surface area (Å²) >= 11 is 0. The molecule has 2 heterocycles. The summed E-state index contributed by atoms with van der Waals surface area (Å²) < 4.78 is 6.07. The Hall–Kier alpha value is -6.91. The van der Waals surface area contributed by atoms with Crippen LogP contribution in [0.15, 0.2) is 180 Å². The number of benzene rings is 8. The van der Waals surface area contributed by atoms with Gasteiger partial charge in [-0.1, -0.05) is 152 Å². The van der Waals surface area contributed by atoms with Crippen LogP contribution in [0.25, 0.3) is 99.9 Å². The molecule has 10 rings (SSSR count). The molecule has 4 heteroatoms. The van der Waals surface area contributed by atoms with E-state index < -0.39 is 0 Å². The number of rotatable bonds is 5. The van der Waals surface area contributed by atoms with Crippen LogP contribution in [0.2, 0.25) is 0 Å². The van der Waals surface area contributed by atoms with Gasteiger partial charge < -0.3 is 4.42 Å². The molecule has 0 radical (unpaired) electrons. The number of furan rings is 1. The third-order valence-electron chi connectivity index (χ3n) is 9.74. The van der Waals surface area contributed by atoms with Crippen LogP contribution < -0.4 is 0 Å². The van der Waals surface area contributed by atoms with E-state index in [4.69, 9.17) is 19.4 Å². The molecule has 0 saturated carbocycles. The van der Waals surface area contributed by atoms with Crippen LogP contribution in [0, 0.1) is 0 Å². The van der Waals surface area contributed by atoms with Gasteiger partial charge in [0.15, 0.2) is 17.5 Å². The molecule has 10 aromatic rings. The number of aromatic nitrogens is 3. The lowest BCUT2D eigenvalue weighted by atomic mass is 9.94. The molecule has 0 unspecified atom stereocenters. The zero-order chi connectivity index (χ0) is 33.7. The van der Waals surface area contributed by atoms with Gasteiger partial charge in [0.25, 0.3) is 0 Å². The minimum atomic E-state index is 0.629. The van der Waals surface area contributed by atoms with E-state index in [2.05, 4.69) is 127 Å². The largest absolute Gasteiger partial charge is 0.456 e. The molecule has 0 aliphatic heterocycles. The van der Waals surface area contributed by atoms with Gasteiger partial charge in [-0.3, -0.25) is 0 Å². The van der Waals surface area contributed by atoms with Crippen LogP contribution in [0.4, 0.5) is 0 Å². The van der Waals surface area contributed by atoms with Crippen LogP contribution in [0.3, 0.4) is 0 Å². The zero-order valence-electron chi connectivity index (χ0n) is 27.5. The van der Waals surface area contributed by atoms with Gasteiger partial charge in [0.05, 0.1) is 0 Å². The first-order chi connectivity index (χ1) is 25.2. The standard InChI is InChI=1S/C47H29N3O/c1-2-11-33(12-3-1)45-48-46(34-23-20-30(21-24-34)35-26-27-44-42(28-35)39-16-6-7-19-43(39)51-44)50-47(49-45)40-18-9-14-32-22-25-36(29-41(32)40)38-17-8-13-31-10-4-5-15-37(31)38/h1-29H. The quantitative estimate of drug-likeness (QED) is 0.186. The Kier molecular flexibility index (Phi) is 6.78. The topological polar surface area (TPSA) is 51.8 Å². The molecule has 0 amide bonds. The molecule has 0 fully saturated rings. The smallest absolute Gasteiger partial charge is 0.164 e. The highest BCUT2D eigenvalue weighted by Gasteiger charge is 2.16.